The number of methoxy groups -OCH3 is 4. The molecule has 0 atom stereocenters. The second kappa shape index (κ2) is 9.97. The summed E-state index contributed by atoms with van der Waals surface area (Å²) >= 11 is 0. The summed E-state index contributed by atoms with van der Waals surface area (Å²) in [5.74, 6) is 1.31. The number of nitrogens with zero attached hydrogens (tertiary/aromatic N) is 3. The molecule has 1 aromatic heterocycles. The fourth-order valence-electron chi connectivity index (χ4n) is 3.24. The highest BCUT2D eigenvalue weighted by Crippen LogP contribution is 2.41. The minimum absolute atomic E-state index is 0.0802. The van der Waals surface area contributed by atoms with Gasteiger partial charge in [0.15, 0.2) is 17.3 Å². The lowest BCUT2D eigenvalue weighted by molar-refractivity contribution is 0.0945. The van der Waals surface area contributed by atoms with Crippen molar-refractivity contribution in [2.24, 2.45) is 0 Å². The van der Waals surface area contributed by atoms with Gasteiger partial charge in [0.25, 0.3) is 5.91 Å². The number of hydrogen-bond donors (Lipinski definition) is 0. The van der Waals surface area contributed by atoms with Gasteiger partial charge in [0, 0.05) is 11.1 Å². The average Bonchev–Trinajstić information content (AvgIpc) is 3.26. The molecule has 3 aromatic rings. The molecule has 0 N–H and O–H groups in total. The topological polar surface area (TPSA) is 84.7 Å². The average molecular weight is 425 g/mol. The van der Waals surface area contributed by atoms with Crippen molar-refractivity contribution < 1.29 is 23.7 Å². The van der Waals surface area contributed by atoms with Crippen LogP contribution in [0.15, 0.2) is 36.4 Å². The van der Waals surface area contributed by atoms with E-state index in [9.17, 15) is 4.79 Å². The van der Waals surface area contributed by atoms with E-state index in [1.54, 1.807) is 24.3 Å². The summed E-state index contributed by atoms with van der Waals surface area (Å²) in [6.07, 6.45) is 3.22. The van der Waals surface area contributed by atoms with E-state index in [2.05, 4.69) is 17.0 Å². The molecule has 0 saturated carbocycles. The lowest BCUT2D eigenvalue weighted by atomic mass is 10.1. The van der Waals surface area contributed by atoms with Gasteiger partial charge in [-0.1, -0.05) is 25.5 Å². The normalized spacial score (nSPS) is 10.6. The zero-order chi connectivity index (χ0) is 22.4. The second-order valence-electron chi connectivity index (χ2n) is 6.85. The van der Waals surface area contributed by atoms with Crippen molar-refractivity contribution in [1.82, 2.24) is 14.8 Å². The Balaban J connectivity index is 2.05. The van der Waals surface area contributed by atoms with Crippen LogP contribution >= 0.6 is 0 Å². The Morgan fingerprint density at radius 1 is 0.935 bits per heavy atom. The first kappa shape index (κ1) is 22.1. The van der Waals surface area contributed by atoms with Crippen molar-refractivity contribution in [2.45, 2.75) is 26.2 Å². The van der Waals surface area contributed by atoms with Gasteiger partial charge in [-0.15, -0.1) is 5.10 Å². The van der Waals surface area contributed by atoms with Gasteiger partial charge in [0.2, 0.25) is 5.75 Å². The van der Waals surface area contributed by atoms with E-state index in [0.29, 0.717) is 34.2 Å². The van der Waals surface area contributed by atoms with E-state index in [0.717, 1.165) is 19.3 Å². The fraction of sp³-hybridized carbons (Fsp3) is 0.348. The molecule has 0 radical (unpaired) electrons. The Hall–Kier alpha value is -3.55. The maximum absolute atomic E-state index is 13.2. The molecule has 0 saturated heterocycles. The highest BCUT2D eigenvalue weighted by atomic mass is 16.5. The molecule has 2 aromatic carbocycles. The van der Waals surface area contributed by atoms with Crippen LogP contribution in [0.2, 0.25) is 0 Å². The van der Waals surface area contributed by atoms with Gasteiger partial charge in [-0.25, -0.2) is 0 Å². The van der Waals surface area contributed by atoms with Gasteiger partial charge >= 0.3 is 6.01 Å². The Bertz CT molecular complexity index is 1020. The summed E-state index contributed by atoms with van der Waals surface area (Å²) < 4.78 is 22.6. The molecule has 1 heterocycles. The molecule has 31 heavy (non-hydrogen) atoms. The first-order chi connectivity index (χ1) is 15.1. The largest absolute Gasteiger partial charge is 0.493 e. The fourth-order valence-corrected chi connectivity index (χ4v) is 3.24. The Morgan fingerprint density at radius 3 is 2.10 bits per heavy atom. The number of carbonyl (C=O) groups is 1. The quantitative estimate of drug-likeness (QED) is 0.512. The molecular formula is C23H27N3O5. The summed E-state index contributed by atoms with van der Waals surface area (Å²) in [6, 6.07) is 11.1. The lowest BCUT2D eigenvalue weighted by Gasteiger charge is -2.14. The molecule has 164 valence electrons. The lowest BCUT2D eigenvalue weighted by Crippen LogP contribution is -2.15. The van der Waals surface area contributed by atoms with Crippen LogP contribution in [0.25, 0.3) is 11.4 Å². The second-order valence-corrected chi connectivity index (χ2v) is 6.85. The molecule has 3 rings (SSSR count). The van der Waals surface area contributed by atoms with Crippen molar-refractivity contribution in [3.05, 3.63) is 47.5 Å². The zero-order valence-corrected chi connectivity index (χ0v) is 18.5. The number of aryl methyl sites for hydroxylation is 1. The van der Waals surface area contributed by atoms with Crippen LogP contribution < -0.4 is 18.9 Å². The number of aromatic nitrogens is 3. The molecule has 0 spiro atoms. The van der Waals surface area contributed by atoms with Gasteiger partial charge in [0.1, 0.15) is 0 Å². The zero-order valence-electron chi connectivity index (χ0n) is 18.5. The van der Waals surface area contributed by atoms with E-state index in [-0.39, 0.29) is 11.9 Å². The van der Waals surface area contributed by atoms with Crippen LogP contribution in [0.5, 0.6) is 23.3 Å². The highest BCUT2D eigenvalue weighted by Gasteiger charge is 2.23. The van der Waals surface area contributed by atoms with E-state index in [4.69, 9.17) is 18.9 Å². The van der Waals surface area contributed by atoms with Crippen LogP contribution in [0, 0.1) is 0 Å². The summed E-state index contributed by atoms with van der Waals surface area (Å²) in [5, 5.41) is 4.23. The van der Waals surface area contributed by atoms with Gasteiger partial charge in [-0.2, -0.15) is 9.67 Å². The monoisotopic (exact) mass is 425 g/mol. The van der Waals surface area contributed by atoms with E-state index in [1.165, 1.54) is 38.7 Å². The Labute approximate surface area is 181 Å². The van der Waals surface area contributed by atoms with Crippen LogP contribution in [-0.4, -0.2) is 49.1 Å². The van der Waals surface area contributed by atoms with Crippen LogP contribution in [0.3, 0.4) is 0 Å². The van der Waals surface area contributed by atoms with Crippen molar-refractivity contribution in [1.29, 1.82) is 0 Å². The molecule has 0 unspecified atom stereocenters. The van der Waals surface area contributed by atoms with E-state index >= 15 is 0 Å². The minimum atomic E-state index is -0.318. The Kier molecular flexibility index (Phi) is 7.12. The van der Waals surface area contributed by atoms with Crippen molar-refractivity contribution >= 4 is 5.91 Å². The van der Waals surface area contributed by atoms with Crippen LogP contribution in [0.1, 0.15) is 35.7 Å². The summed E-state index contributed by atoms with van der Waals surface area (Å²) in [7, 11) is 6.03. The van der Waals surface area contributed by atoms with Crippen molar-refractivity contribution in [3.63, 3.8) is 0 Å². The van der Waals surface area contributed by atoms with Crippen molar-refractivity contribution in [3.8, 4) is 34.6 Å². The van der Waals surface area contributed by atoms with Gasteiger partial charge in [0.05, 0.1) is 28.4 Å². The molecule has 0 amide bonds. The third-order valence-corrected chi connectivity index (χ3v) is 4.91. The van der Waals surface area contributed by atoms with Gasteiger partial charge < -0.3 is 18.9 Å². The van der Waals surface area contributed by atoms with E-state index in [1.807, 2.05) is 12.1 Å². The van der Waals surface area contributed by atoms with Crippen LogP contribution in [-0.2, 0) is 6.42 Å². The molecule has 8 heteroatoms. The number of carbonyl (C=O) groups excluding carboxylic acids is 1. The third-order valence-electron chi connectivity index (χ3n) is 4.91. The first-order valence-electron chi connectivity index (χ1n) is 10.0. The first-order valence-corrected chi connectivity index (χ1v) is 10.0. The van der Waals surface area contributed by atoms with Gasteiger partial charge in [-0.3, -0.25) is 4.79 Å². The maximum atomic E-state index is 13.2. The summed E-state index contributed by atoms with van der Waals surface area (Å²) in [4.78, 5) is 17.6. The molecule has 8 nitrogen and oxygen atoms in total. The maximum Gasteiger partial charge on any atom is 0.336 e. The molecule has 0 fully saturated rings. The summed E-state index contributed by atoms with van der Waals surface area (Å²) in [5.41, 5.74) is 2.26. The molecular weight excluding hydrogens is 398 g/mol. The third kappa shape index (κ3) is 4.63. The molecule has 0 aliphatic rings. The van der Waals surface area contributed by atoms with E-state index < -0.39 is 0 Å². The summed E-state index contributed by atoms with van der Waals surface area (Å²) in [6.45, 7) is 2.15. The number of ether oxygens (including phenoxy) is 4. The standard InChI is InChI=1S/C23H27N3O5/c1-6-7-8-15-9-11-16(12-10-15)22(27)26-21(24-23(25-26)31-5)17-13-18(28-2)20(30-4)19(14-17)29-3/h9-14H,6-8H2,1-5H3. The molecule has 0 aliphatic carbocycles. The number of benzene rings is 2. The minimum Gasteiger partial charge on any atom is -0.493 e. The number of rotatable bonds is 9. The smallest absolute Gasteiger partial charge is 0.336 e. The number of unbranched alkanes of at least 4 members (excludes halogenated alkanes) is 1. The predicted molar refractivity (Wildman–Crippen MR) is 116 cm³/mol. The Morgan fingerprint density at radius 2 is 1.58 bits per heavy atom. The molecule has 0 aliphatic heterocycles. The number of hydrogen-bond acceptors (Lipinski definition) is 7. The van der Waals surface area contributed by atoms with Crippen LogP contribution in [0.4, 0.5) is 0 Å². The van der Waals surface area contributed by atoms with Gasteiger partial charge in [-0.05, 0) is 42.7 Å². The molecule has 0 bridgehead atoms. The predicted octanol–water partition coefficient (Wildman–Crippen LogP) is 4.01. The highest BCUT2D eigenvalue weighted by molar-refractivity contribution is 5.97. The van der Waals surface area contributed by atoms with Crippen molar-refractivity contribution in [2.75, 3.05) is 28.4 Å². The SMILES string of the molecule is CCCCc1ccc(C(=O)n2nc(OC)nc2-c2cc(OC)c(OC)c(OC)c2)cc1.